The quantitative estimate of drug-likeness (QED) is 0.570. The third-order valence-electron chi connectivity index (χ3n) is 3.64. The number of hydrogen-bond acceptors (Lipinski definition) is 4. The second kappa shape index (κ2) is 8.10. The average Bonchev–Trinajstić information content (AvgIpc) is 3.08. The molecule has 0 unspecified atom stereocenters. The van der Waals surface area contributed by atoms with Crippen LogP contribution in [0.1, 0.15) is 17.9 Å². The van der Waals surface area contributed by atoms with E-state index in [4.69, 9.17) is 20.8 Å². The lowest BCUT2D eigenvalue weighted by Crippen LogP contribution is -2.06. The Morgan fingerprint density at radius 2 is 2.00 bits per heavy atom. The number of carbonyl (C=O) groups excluding carboxylic acids is 1. The first kappa shape index (κ1) is 18.1. The topological polar surface area (TPSA) is 52.3 Å². The molecule has 0 saturated heterocycles. The second-order valence-electron chi connectivity index (χ2n) is 5.49. The molecule has 0 radical (unpaired) electrons. The molecule has 134 valence electrons. The number of ether oxygens (including phenoxy) is 1. The first-order valence-electron chi connectivity index (χ1n) is 7.82. The highest BCUT2D eigenvalue weighted by atomic mass is 35.5. The Hall–Kier alpha value is -2.73. The van der Waals surface area contributed by atoms with Crippen molar-refractivity contribution in [1.82, 2.24) is 4.98 Å². The molecule has 0 bridgehead atoms. The van der Waals surface area contributed by atoms with E-state index < -0.39 is 17.6 Å². The highest BCUT2D eigenvalue weighted by molar-refractivity contribution is 6.31. The number of halogens is 3. The Balaban J connectivity index is 1.54. The minimum atomic E-state index is -0.744. The van der Waals surface area contributed by atoms with Crippen molar-refractivity contribution in [2.75, 3.05) is 0 Å². The number of carbonyl (C=O) groups is 1. The van der Waals surface area contributed by atoms with Gasteiger partial charge in [-0.25, -0.2) is 13.8 Å². The van der Waals surface area contributed by atoms with E-state index in [9.17, 15) is 13.6 Å². The molecule has 0 aliphatic heterocycles. The maximum Gasteiger partial charge on any atom is 0.306 e. The molecule has 0 N–H and O–H groups in total. The van der Waals surface area contributed by atoms with Crippen molar-refractivity contribution in [2.45, 2.75) is 19.4 Å². The summed E-state index contributed by atoms with van der Waals surface area (Å²) in [6.45, 7) is 0.0795. The Bertz CT molecular complexity index is 927. The van der Waals surface area contributed by atoms with Gasteiger partial charge in [0.05, 0.1) is 18.2 Å². The molecule has 7 heteroatoms. The van der Waals surface area contributed by atoms with Crippen LogP contribution in [0.25, 0.3) is 11.3 Å². The van der Waals surface area contributed by atoms with Gasteiger partial charge in [0.2, 0.25) is 0 Å². The number of aryl methyl sites for hydroxylation is 1. The van der Waals surface area contributed by atoms with Gasteiger partial charge in [-0.1, -0.05) is 29.8 Å². The van der Waals surface area contributed by atoms with Crippen molar-refractivity contribution in [3.8, 4) is 11.3 Å². The van der Waals surface area contributed by atoms with Crippen LogP contribution in [0, 0.1) is 11.6 Å². The lowest BCUT2D eigenvalue weighted by molar-refractivity contribution is -0.145. The fraction of sp³-hybridized carbons (Fsp3) is 0.158. The predicted molar refractivity (Wildman–Crippen MR) is 91.4 cm³/mol. The monoisotopic (exact) mass is 377 g/mol. The second-order valence-corrected chi connectivity index (χ2v) is 5.90. The SMILES string of the molecule is O=C(CCc1ncc(-c2ccc(F)cc2F)o1)OCc1ccccc1Cl. The number of nitrogens with zero attached hydrogens (tertiary/aromatic N) is 1. The van der Waals surface area contributed by atoms with Gasteiger partial charge in [-0.2, -0.15) is 0 Å². The predicted octanol–water partition coefficient (Wildman–Crippen LogP) is 4.95. The molecule has 0 atom stereocenters. The van der Waals surface area contributed by atoms with Crippen LogP contribution in [0.4, 0.5) is 8.78 Å². The van der Waals surface area contributed by atoms with Crippen LogP contribution < -0.4 is 0 Å². The van der Waals surface area contributed by atoms with E-state index in [2.05, 4.69) is 4.98 Å². The Morgan fingerprint density at radius 1 is 1.19 bits per heavy atom. The summed E-state index contributed by atoms with van der Waals surface area (Å²) in [7, 11) is 0. The molecule has 1 heterocycles. The largest absolute Gasteiger partial charge is 0.461 e. The normalized spacial score (nSPS) is 10.7. The van der Waals surface area contributed by atoms with E-state index in [1.807, 2.05) is 0 Å². The fourth-order valence-corrected chi connectivity index (χ4v) is 2.48. The lowest BCUT2D eigenvalue weighted by Gasteiger charge is -2.05. The number of rotatable bonds is 6. The zero-order valence-electron chi connectivity index (χ0n) is 13.5. The van der Waals surface area contributed by atoms with E-state index in [0.29, 0.717) is 10.6 Å². The van der Waals surface area contributed by atoms with Crippen molar-refractivity contribution in [1.29, 1.82) is 0 Å². The molecular weight excluding hydrogens is 364 g/mol. The highest BCUT2D eigenvalue weighted by Crippen LogP contribution is 2.24. The Kier molecular flexibility index (Phi) is 5.63. The molecule has 0 saturated carbocycles. The number of oxazole rings is 1. The summed E-state index contributed by atoms with van der Waals surface area (Å²) in [5.41, 5.74) is 0.819. The van der Waals surface area contributed by atoms with Crippen LogP contribution >= 0.6 is 11.6 Å². The van der Waals surface area contributed by atoms with Gasteiger partial charge in [0.15, 0.2) is 11.7 Å². The molecule has 0 aliphatic rings. The summed E-state index contributed by atoms with van der Waals surface area (Å²) >= 11 is 5.99. The summed E-state index contributed by atoms with van der Waals surface area (Å²) in [5, 5.41) is 0.527. The maximum absolute atomic E-state index is 13.7. The minimum Gasteiger partial charge on any atom is -0.461 e. The van der Waals surface area contributed by atoms with Crippen LogP contribution in [-0.4, -0.2) is 11.0 Å². The van der Waals surface area contributed by atoms with Gasteiger partial charge in [-0.05, 0) is 18.2 Å². The molecule has 26 heavy (non-hydrogen) atoms. The van der Waals surface area contributed by atoms with E-state index >= 15 is 0 Å². The van der Waals surface area contributed by atoms with Crippen LogP contribution in [-0.2, 0) is 22.6 Å². The number of aromatic nitrogens is 1. The third kappa shape index (κ3) is 4.46. The van der Waals surface area contributed by atoms with Crippen molar-refractivity contribution >= 4 is 17.6 Å². The molecule has 4 nitrogen and oxygen atoms in total. The van der Waals surface area contributed by atoms with Crippen molar-refractivity contribution in [3.05, 3.63) is 76.8 Å². The van der Waals surface area contributed by atoms with Crippen molar-refractivity contribution in [3.63, 3.8) is 0 Å². The molecule has 3 rings (SSSR count). The third-order valence-corrected chi connectivity index (χ3v) is 4.01. The van der Waals surface area contributed by atoms with Gasteiger partial charge in [-0.3, -0.25) is 4.79 Å². The zero-order chi connectivity index (χ0) is 18.5. The van der Waals surface area contributed by atoms with E-state index in [1.165, 1.54) is 12.3 Å². The molecular formula is C19H14ClF2NO3. The van der Waals surface area contributed by atoms with Crippen LogP contribution in [0.3, 0.4) is 0 Å². The molecule has 0 amide bonds. The highest BCUT2D eigenvalue weighted by Gasteiger charge is 2.13. The number of benzene rings is 2. The average molecular weight is 378 g/mol. The molecule has 0 aliphatic carbocycles. The maximum atomic E-state index is 13.7. The Morgan fingerprint density at radius 3 is 2.77 bits per heavy atom. The smallest absolute Gasteiger partial charge is 0.306 e. The molecule has 3 aromatic rings. The molecule has 2 aromatic carbocycles. The molecule has 1 aromatic heterocycles. The van der Waals surface area contributed by atoms with E-state index in [1.54, 1.807) is 24.3 Å². The van der Waals surface area contributed by atoms with Gasteiger partial charge < -0.3 is 9.15 Å². The molecule has 0 fully saturated rings. The number of esters is 1. The van der Waals surface area contributed by atoms with Crippen LogP contribution in [0.5, 0.6) is 0 Å². The minimum absolute atomic E-state index is 0.0519. The van der Waals surface area contributed by atoms with Crippen molar-refractivity contribution in [2.24, 2.45) is 0 Å². The molecule has 0 spiro atoms. The lowest BCUT2D eigenvalue weighted by atomic mass is 10.2. The summed E-state index contributed by atoms with van der Waals surface area (Å²) < 4.78 is 37.3. The van der Waals surface area contributed by atoms with Gasteiger partial charge in [0.25, 0.3) is 0 Å². The van der Waals surface area contributed by atoms with Gasteiger partial charge >= 0.3 is 5.97 Å². The van der Waals surface area contributed by atoms with Crippen LogP contribution in [0.2, 0.25) is 5.02 Å². The fourth-order valence-electron chi connectivity index (χ4n) is 2.29. The zero-order valence-corrected chi connectivity index (χ0v) is 14.3. The summed E-state index contributed by atoms with van der Waals surface area (Å²) in [5.74, 6) is -1.42. The standard InChI is InChI=1S/C19H14ClF2NO3/c20-15-4-2-1-3-12(15)11-25-19(24)8-7-18-23-10-17(26-18)14-6-5-13(21)9-16(14)22/h1-6,9-10H,7-8,11H2. The first-order chi connectivity index (χ1) is 12.5. The van der Waals surface area contributed by atoms with E-state index in [-0.39, 0.29) is 36.7 Å². The van der Waals surface area contributed by atoms with Gasteiger partial charge in [0.1, 0.15) is 18.2 Å². The van der Waals surface area contributed by atoms with Gasteiger partial charge in [0, 0.05) is 23.1 Å². The van der Waals surface area contributed by atoms with Gasteiger partial charge in [-0.15, -0.1) is 0 Å². The summed E-state index contributed by atoms with van der Waals surface area (Å²) in [6, 6.07) is 10.2. The Labute approximate surface area is 153 Å². The summed E-state index contributed by atoms with van der Waals surface area (Å²) in [4.78, 5) is 15.8. The van der Waals surface area contributed by atoms with E-state index in [0.717, 1.165) is 12.1 Å². The summed E-state index contributed by atoms with van der Waals surface area (Å²) in [6.07, 6.45) is 1.58. The number of hydrogen-bond donors (Lipinski definition) is 0. The first-order valence-corrected chi connectivity index (χ1v) is 8.20. The van der Waals surface area contributed by atoms with Crippen molar-refractivity contribution < 1.29 is 22.7 Å². The van der Waals surface area contributed by atoms with Crippen LogP contribution in [0.15, 0.2) is 53.1 Å².